The number of hydrogen-bond acceptors (Lipinski definition) is 2. The Labute approximate surface area is 81.3 Å². The van der Waals surface area contributed by atoms with Crippen LogP contribution in [0.4, 0.5) is 4.39 Å². The summed E-state index contributed by atoms with van der Waals surface area (Å²) in [6.45, 7) is 2.08. The van der Waals surface area contributed by atoms with Crippen LogP contribution in [0, 0.1) is 12.7 Å². The summed E-state index contributed by atoms with van der Waals surface area (Å²) in [5.74, 6) is -0.256. The fourth-order valence-electron chi connectivity index (χ4n) is 1.70. The zero-order valence-corrected chi connectivity index (χ0v) is 8.21. The van der Waals surface area contributed by atoms with E-state index in [0.717, 1.165) is 11.1 Å². The lowest BCUT2D eigenvalue weighted by molar-refractivity contribution is 0.609. The van der Waals surface area contributed by atoms with Crippen LogP contribution in [0.3, 0.4) is 0 Å². The van der Waals surface area contributed by atoms with Crippen LogP contribution in [-0.4, -0.2) is 9.78 Å². The number of aromatic nitrogens is 2. The fourth-order valence-corrected chi connectivity index (χ4v) is 1.70. The lowest BCUT2D eigenvalue weighted by Crippen LogP contribution is -2.01. The molecule has 0 fully saturated rings. The first-order valence-corrected chi connectivity index (χ1v) is 4.46. The van der Waals surface area contributed by atoms with Crippen LogP contribution in [0.25, 0.3) is 10.9 Å². The summed E-state index contributed by atoms with van der Waals surface area (Å²) in [4.78, 5) is 0. The predicted molar refractivity (Wildman–Crippen MR) is 53.3 cm³/mol. The van der Waals surface area contributed by atoms with E-state index in [-0.39, 0.29) is 12.4 Å². The number of hydrogen-bond donors (Lipinski definition) is 1. The van der Waals surface area contributed by atoms with Gasteiger partial charge in [-0.05, 0) is 6.92 Å². The highest BCUT2D eigenvalue weighted by Crippen LogP contribution is 2.22. The molecule has 0 aliphatic carbocycles. The SMILES string of the molecule is Cc1nn(C)c2c(F)c(CN)ccc12. The molecule has 4 heteroatoms. The van der Waals surface area contributed by atoms with Crippen molar-refractivity contribution < 1.29 is 4.39 Å². The largest absolute Gasteiger partial charge is 0.326 e. The molecule has 3 nitrogen and oxygen atoms in total. The zero-order valence-electron chi connectivity index (χ0n) is 8.21. The van der Waals surface area contributed by atoms with E-state index in [1.165, 1.54) is 0 Å². The number of aryl methyl sites for hydroxylation is 2. The predicted octanol–water partition coefficient (Wildman–Crippen LogP) is 1.48. The minimum absolute atomic E-state index is 0.214. The van der Waals surface area contributed by atoms with Gasteiger partial charge < -0.3 is 5.73 Å². The van der Waals surface area contributed by atoms with Crippen molar-refractivity contribution in [3.63, 3.8) is 0 Å². The third-order valence-corrected chi connectivity index (χ3v) is 2.43. The van der Waals surface area contributed by atoms with E-state index in [2.05, 4.69) is 5.10 Å². The number of rotatable bonds is 1. The molecular formula is C10H12FN3. The Morgan fingerprint density at radius 1 is 1.50 bits per heavy atom. The number of benzene rings is 1. The zero-order chi connectivity index (χ0) is 10.3. The van der Waals surface area contributed by atoms with E-state index < -0.39 is 0 Å². The summed E-state index contributed by atoms with van der Waals surface area (Å²) in [6, 6.07) is 3.58. The van der Waals surface area contributed by atoms with Gasteiger partial charge >= 0.3 is 0 Å². The Morgan fingerprint density at radius 3 is 2.86 bits per heavy atom. The number of halogens is 1. The molecule has 2 rings (SSSR count). The Balaban J connectivity index is 2.87. The van der Waals surface area contributed by atoms with Crippen molar-refractivity contribution in [3.8, 4) is 0 Å². The quantitative estimate of drug-likeness (QED) is 0.745. The van der Waals surface area contributed by atoms with Crippen LogP contribution < -0.4 is 5.73 Å². The van der Waals surface area contributed by atoms with E-state index in [1.807, 2.05) is 13.0 Å². The standard InChI is InChI=1S/C10H12FN3/c1-6-8-4-3-7(5-12)9(11)10(8)14(2)13-6/h3-4H,5,12H2,1-2H3. The summed E-state index contributed by atoms with van der Waals surface area (Å²) in [5, 5.41) is 5.01. The minimum atomic E-state index is -0.256. The molecule has 0 radical (unpaired) electrons. The van der Waals surface area contributed by atoms with Crippen LogP contribution >= 0.6 is 0 Å². The van der Waals surface area contributed by atoms with Gasteiger partial charge in [-0.3, -0.25) is 4.68 Å². The molecule has 0 saturated heterocycles. The van der Waals surface area contributed by atoms with Crippen LogP contribution in [0.5, 0.6) is 0 Å². The van der Waals surface area contributed by atoms with Crippen molar-refractivity contribution in [2.45, 2.75) is 13.5 Å². The second kappa shape index (κ2) is 3.06. The average Bonchev–Trinajstić information content (AvgIpc) is 2.44. The summed E-state index contributed by atoms with van der Waals surface area (Å²) in [7, 11) is 1.73. The molecule has 1 aromatic heterocycles. The van der Waals surface area contributed by atoms with Gasteiger partial charge in [-0.25, -0.2) is 4.39 Å². The maximum atomic E-state index is 13.8. The van der Waals surface area contributed by atoms with Gasteiger partial charge in [0.25, 0.3) is 0 Å². The molecule has 2 aromatic rings. The highest BCUT2D eigenvalue weighted by molar-refractivity contribution is 5.83. The molecule has 0 atom stereocenters. The Morgan fingerprint density at radius 2 is 2.21 bits per heavy atom. The minimum Gasteiger partial charge on any atom is -0.326 e. The van der Waals surface area contributed by atoms with Crippen LogP contribution in [0.1, 0.15) is 11.3 Å². The molecule has 0 aliphatic heterocycles. The molecule has 74 valence electrons. The lowest BCUT2D eigenvalue weighted by atomic mass is 10.1. The van der Waals surface area contributed by atoms with Crippen LogP contribution in [0.15, 0.2) is 12.1 Å². The highest BCUT2D eigenvalue weighted by atomic mass is 19.1. The Kier molecular flexibility index (Phi) is 2.00. The van der Waals surface area contributed by atoms with Crippen molar-refractivity contribution in [1.82, 2.24) is 9.78 Å². The third kappa shape index (κ3) is 1.11. The van der Waals surface area contributed by atoms with Gasteiger partial charge in [0, 0.05) is 24.5 Å². The topological polar surface area (TPSA) is 43.8 Å². The second-order valence-electron chi connectivity index (χ2n) is 3.35. The second-order valence-corrected chi connectivity index (χ2v) is 3.35. The van der Waals surface area contributed by atoms with E-state index in [4.69, 9.17) is 5.73 Å². The van der Waals surface area contributed by atoms with Gasteiger partial charge in [0.15, 0.2) is 5.82 Å². The smallest absolute Gasteiger partial charge is 0.153 e. The summed E-state index contributed by atoms with van der Waals surface area (Å²) < 4.78 is 15.4. The summed E-state index contributed by atoms with van der Waals surface area (Å²) >= 11 is 0. The highest BCUT2D eigenvalue weighted by Gasteiger charge is 2.12. The third-order valence-electron chi connectivity index (χ3n) is 2.43. The van der Waals surface area contributed by atoms with Crippen molar-refractivity contribution in [2.75, 3.05) is 0 Å². The van der Waals surface area contributed by atoms with E-state index >= 15 is 0 Å². The molecule has 0 bridgehead atoms. The van der Waals surface area contributed by atoms with E-state index in [1.54, 1.807) is 17.8 Å². The number of fused-ring (bicyclic) bond motifs is 1. The van der Waals surface area contributed by atoms with Crippen molar-refractivity contribution in [3.05, 3.63) is 29.2 Å². The molecular weight excluding hydrogens is 181 g/mol. The number of nitrogens with zero attached hydrogens (tertiary/aromatic N) is 2. The van der Waals surface area contributed by atoms with E-state index in [0.29, 0.717) is 11.1 Å². The normalized spacial score (nSPS) is 11.1. The molecule has 0 unspecified atom stereocenters. The molecule has 1 heterocycles. The van der Waals surface area contributed by atoms with Gasteiger partial charge in [0.1, 0.15) is 5.52 Å². The van der Waals surface area contributed by atoms with Crippen molar-refractivity contribution in [2.24, 2.45) is 12.8 Å². The summed E-state index contributed by atoms with van der Waals surface area (Å²) in [6.07, 6.45) is 0. The van der Waals surface area contributed by atoms with Gasteiger partial charge in [-0.2, -0.15) is 5.10 Å². The first-order chi connectivity index (χ1) is 6.65. The van der Waals surface area contributed by atoms with E-state index in [9.17, 15) is 4.39 Å². The van der Waals surface area contributed by atoms with Gasteiger partial charge in [-0.1, -0.05) is 12.1 Å². The van der Waals surface area contributed by atoms with Gasteiger partial charge in [0.05, 0.1) is 5.69 Å². The molecule has 0 spiro atoms. The van der Waals surface area contributed by atoms with Crippen molar-refractivity contribution >= 4 is 10.9 Å². The first kappa shape index (κ1) is 9.15. The summed E-state index contributed by atoms with van der Waals surface area (Å²) in [5.41, 5.74) is 7.33. The lowest BCUT2D eigenvalue weighted by Gasteiger charge is -2.01. The maximum Gasteiger partial charge on any atom is 0.153 e. The van der Waals surface area contributed by atoms with Crippen molar-refractivity contribution in [1.29, 1.82) is 0 Å². The maximum absolute atomic E-state index is 13.8. The first-order valence-electron chi connectivity index (χ1n) is 4.46. The Hall–Kier alpha value is -1.42. The molecule has 2 N–H and O–H groups in total. The van der Waals surface area contributed by atoms with Crippen LogP contribution in [0.2, 0.25) is 0 Å². The molecule has 0 amide bonds. The average molecular weight is 193 g/mol. The monoisotopic (exact) mass is 193 g/mol. The van der Waals surface area contributed by atoms with Gasteiger partial charge in [0.2, 0.25) is 0 Å². The van der Waals surface area contributed by atoms with Gasteiger partial charge in [-0.15, -0.1) is 0 Å². The molecule has 14 heavy (non-hydrogen) atoms. The molecule has 0 saturated carbocycles. The Bertz CT molecular complexity index is 488. The number of nitrogens with two attached hydrogens (primary N) is 1. The van der Waals surface area contributed by atoms with Crippen LogP contribution in [-0.2, 0) is 13.6 Å². The molecule has 1 aromatic carbocycles. The fraction of sp³-hybridized carbons (Fsp3) is 0.300. The molecule has 0 aliphatic rings.